The van der Waals surface area contributed by atoms with Gasteiger partial charge in [0.15, 0.2) is 5.13 Å². The van der Waals surface area contributed by atoms with Gasteiger partial charge in [-0.3, -0.25) is 4.79 Å². The molecule has 2 aromatic rings. The molecule has 0 radical (unpaired) electrons. The van der Waals surface area contributed by atoms with E-state index < -0.39 is 6.04 Å². The average molecular weight is 377 g/mol. The number of benzene rings is 1. The molecule has 0 bridgehead atoms. The second kappa shape index (κ2) is 8.48. The Morgan fingerprint density at radius 2 is 2.12 bits per heavy atom. The molecule has 1 aliphatic heterocycles. The van der Waals surface area contributed by atoms with E-state index in [1.54, 1.807) is 14.2 Å². The lowest BCUT2D eigenvalue weighted by molar-refractivity contribution is -0.119. The smallest absolute Gasteiger partial charge is 0.243 e. The van der Waals surface area contributed by atoms with Crippen LogP contribution in [0, 0.1) is 5.92 Å². The SMILES string of the molecule is COc1ccc(OC)c(-c2csc(NC(=O)C(N)C3CCOCC3)n2)c1. The van der Waals surface area contributed by atoms with Crippen LogP contribution < -0.4 is 20.5 Å². The van der Waals surface area contributed by atoms with Gasteiger partial charge in [0.05, 0.1) is 26.0 Å². The molecule has 1 unspecified atom stereocenters. The van der Waals surface area contributed by atoms with E-state index >= 15 is 0 Å². The van der Waals surface area contributed by atoms with Crippen LogP contribution in [-0.2, 0) is 9.53 Å². The van der Waals surface area contributed by atoms with Gasteiger partial charge in [-0.25, -0.2) is 4.98 Å². The van der Waals surface area contributed by atoms with Crippen LogP contribution in [0.25, 0.3) is 11.3 Å². The molecule has 2 heterocycles. The molecule has 26 heavy (non-hydrogen) atoms. The molecule has 1 saturated heterocycles. The molecule has 1 atom stereocenters. The van der Waals surface area contributed by atoms with Gasteiger partial charge in [-0.05, 0) is 37.0 Å². The number of ether oxygens (including phenoxy) is 3. The van der Waals surface area contributed by atoms with Gasteiger partial charge in [-0.1, -0.05) is 0 Å². The fraction of sp³-hybridized carbons (Fsp3) is 0.444. The maximum atomic E-state index is 12.4. The Labute approximate surface area is 156 Å². The number of hydrogen-bond donors (Lipinski definition) is 2. The number of nitrogens with two attached hydrogens (primary N) is 1. The van der Waals surface area contributed by atoms with E-state index in [4.69, 9.17) is 19.9 Å². The van der Waals surface area contributed by atoms with E-state index in [1.165, 1.54) is 11.3 Å². The maximum Gasteiger partial charge on any atom is 0.243 e. The number of aromatic nitrogens is 1. The Bertz CT molecular complexity index is 759. The minimum absolute atomic E-state index is 0.140. The molecule has 1 aliphatic rings. The summed E-state index contributed by atoms with van der Waals surface area (Å²) in [5.74, 6) is 1.32. The van der Waals surface area contributed by atoms with Crippen molar-refractivity contribution >= 4 is 22.4 Å². The van der Waals surface area contributed by atoms with Gasteiger partial charge in [0.25, 0.3) is 0 Å². The molecule has 1 aromatic carbocycles. The molecule has 8 heteroatoms. The second-order valence-corrected chi connectivity index (χ2v) is 6.93. The summed E-state index contributed by atoms with van der Waals surface area (Å²) in [6.07, 6.45) is 1.61. The number of carbonyl (C=O) groups excluding carboxylic acids is 1. The topological polar surface area (TPSA) is 95.7 Å². The standard InChI is InChI=1S/C18H23N3O4S/c1-23-12-3-4-15(24-2)13(9-12)14-10-26-18(20-14)21-17(22)16(19)11-5-7-25-8-6-11/h3-4,9-11,16H,5-8,19H2,1-2H3,(H,20,21,22). The van der Waals surface area contributed by atoms with Crippen LogP contribution in [0.5, 0.6) is 11.5 Å². The first-order valence-corrected chi connectivity index (χ1v) is 9.32. The molecule has 0 aliphatic carbocycles. The number of carbonyl (C=O) groups is 1. The van der Waals surface area contributed by atoms with Gasteiger partial charge in [0.1, 0.15) is 11.5 Å². The first kappa shape index (κ1) is 18.6. The zero-order chi connectivity index (χ0) is 18.5. The molecule has 7 nitrogen and oxygen atoms in total. The van der Waals surface area contributed by atoms with Gasteiger partial charge in [0, 0.05) is 24.2 Å². The monoisotopic (exact) mass is 377 g/mol. The Balaban J connectivity index is 1.72. The lowest BCUT2D eigenvalue weighted by Crippen LogP contribution is -2.43. The van der Waals surface area contributed by atoms with Crippen molar-refractivity contribution in [1.29, 1.82) is 0 Å². The molecule has 0 saturated carbocycles. The van der Waals surface area contributed by atoms with Crippen LogP contribution in [0.3, 0.4) is 0 Å². The van der Waals surface area contributed by atoms with Gasteiger partial charge < -0.3 is 25.3 Å². The van der Waals surface area contributed by atoms with Gasteiger partial charge in [-0.15, -0.1) is 11.3 Å². The third-order valence-corrected chi connectivity index (χ3v) is 5.25. The van der Waals surface area contributed by atoms with Crippen molar-refractivity contribution in [2.24, 2.45) is 11.7 Å². The molecule has 1 amide bonds. The van der Waals surface area contributed by atoms with Crippen molar-refractivity contribution in [2.75, 3.05) is 32.8 Å². The van der Waals surface area contributed by atoms with Crippen molar-refractivity contribution in [3.63, 3.8) is 0 Å². The molecule has 3 rings (SSSR count). The zero-order valence-corrected chi connectivity index (χ0v) is 15.7. The fourth-order valence-corrected chi connectivity index (χ4v) is 3.66. The normalized spacial score (nSPS) is 16.1. The maximum absolute atomic E-state index is 12.4. The summed E-state index contributed by atoms with van der Waals surface area (Å²) in [5.41, 5.74) is 7.63. The summed E-state index contributed by atoms with van der Waals surface area (Å²) in [5, 5.41) is 5.21. The minimum Gasteiger partial charge on any atom is -0.497 e. The third kappa shape index (κ3) is 4.14. The van der Waals surface area contributed by atoms with Crippen LogP contribution in [0.4, 0.5) is 5.13 Å². The van der Waals surface area contributed by atoms with E-state index in [1.807, 2.05) is 23.6 Å². The highest BCUT2D eigenvalue weighted by Gasteiger charge is 2.27. The van der Waals surface area contributed by atoms with Crippen molar-refractivity contribution < 1.29 is 19.0 Å². The zero-order valence-electron chi connectivity index (χ0n) is 14.9. The number of thiazole rings is 1. The second-order valence-electron chi connectivity index (χ2n) is 6.07. The van der Waals surface area contributed by atoms with Gasteiger partial charge in [0.2, 0.25) is 5.91 Å². The summed E-state index contributed by atoms with van der Waals surface area (Å²) in [7, 11) is 3.21. The van der Waals surface area contributed by atoms with E-state index in [0.717, 1.165) is 18.4 Å². The molecule has 140 valence electrons. The fourth-order valence-electron chi connectivity index (χ4n) is 2.95. The minimum atomic E-state index is -0.558. The molecule has 1 fully saturated rings. The number of nitrogens with one attached hydrogen (secondary N) is 1. The van der Waals surface area contributed by atoms with Crippen molar-refractivity contribution in [3.05, 3.63) is 23.6 Å². The quantitative estimate of drug-likeness (QED) is 0.803. The number of rotatable bonds is 6. The van der Waals surface area contributed by atoms with Crippen LogP contribution in [0.15, 0.2) is 23.6 Å². The molecule has 3 N–H and O–H groups in total. The number of anilines is 1. The van der Waals surface area contributed by atoms with E-state index in [-0.39, 0.29) is 11.8 Å². The third-order valence-electron chi connectivity index (χ3n) is 4.49. The summed E-state index contributed by atoms with van der Waals surface area (Å²) < 4.78 is 16.0. The van der Waals surface area contributed by atoms with Crippen molar-refractivity contribution in [1.82, 2.24) is 4.98 Å². The van der Waals surface area contributed by atoms with Crippen LogP contribution in [0.2, 0.25) is 0 Å². The number of amides is 1. The Morgan fingerprint density at radius 1 is 1.35 bits per heavy atom. The lowest BCUT2D eigenvalue weighted by Gasteiger charge is -2.26. The van der Waals surface area contributed by atoms with Crippen LogP contribution >= 0.6 is 11.3 Å². The number of nitrogens with zero attached hydrogens (tertiary/aromatic N) is 1. The van der Waals surface area contributed by atoms with Crippen LogP contribution in [0.1, 0.15) is 12.8 Å². The average Bonchev–Trinajstić information content (AvgIpc) is 3.15. The van der Waals surface area contributed by atoms with E-state index in [9.17, 15) is 4.79 Å². The number of hydrogen-bond acceptors (Lipinski definition) is 7. The first-order chi connectivity index (χ1) is 12.6. The highest BCUT2D eigenvalue weighted by atomic mass is 32.1. The van der Waals surface area contributed by atoms with E-state index in [0.29, 0.717) is 35.5 Å². The highest BCUT2D eigenvalue weighted by molar-refractivity contribution is 7.14. The number of methoxy groups -OCH3 is 2. The van der Waals surface area contributed by atoms with Gasteiger partial charge in [-0.2, -0.15) is 0 Å². The largest absolute Gasteiger partial charge is 0.497 e. The summed E-state index contributed by atoms with van der Waals surface area (Å²) in [6, 6.07) is 4.95. The molecular formula is C18H23N3O4S. The van der Waals surface area contributed by atoms with Gasteiger partial charge >= 0.3 is 0 Å². The molecule has 0 spiro atoms. The van der Waals surface area contributed by atoms with Crippen molar-refractivity contribution in [2.45, 2.75) is 18.9 Å². The molecule has 1 aromatic heterocycles. The van der Waals surface area contributed by atoms with E-state index in [2.05, 4.69) is 10.3 Å². The Kier molecular flexibility index (Phi) is 6.08. The predicted molar refractivity (Wildman–Crippen MR) is 101 cm³/mol. The summed E-state index contributed by atoms with van der Waals surface area (Å²) in [6.45, 7) is 1.31. The summed E-state index contributed by atoms with van der Waals surface area (Å²) in [4.78, 5) is 16.9. The Hall–Kier alpha value is -2.16. The highest BCUT2D eigenvalue weighted by Crippen LogP contribution is 2.35. The predicted octanol–water partition coefficient (Wildman–Crippen LogP) is 2.52. The first-order valence-electron chi connectivity index (χ1n) is 8.44. The van der Waals surface area contributed by atoms with Crippen LogP contribution in [-0.4, -0.2) is 44.4 Å². The van der Waals surface area contributed by atoms with Crippen molar-refractivity contribution in [3.8, 4) is 22.8 Å². The molecular weight excluding hydrogens is 354 g/mol. The summed E-state index contributed by atoms with van der Waals surface area (Å²) >= 11 is 1.35. The Morgan fingerprint density at radius 3 is 2.81 bits per heavy atom. The lowest BCUT2D eigenvalue weighted by atomic mass is 9.92.